The Labute approximate surface area is 93.1 Å². The zero-order valence-corrected chi connectivity index (χ0v) is 9.26. The highest BCUT2D eigenvalue weighted by molar-refractivity contribution is 7.12. The van der Waals surface area contributed by atoms with Gasteiger partial charge in [-0.05, 0) is 37.8 Å². The number of thiophene rings is 1. The average molecular weight is 222 g/mol. The molecule has 80 valence electrons. The smallest absolute Gasteiger partial charge is 0.110 e. The number of nitrogens with two attached hydrogens (primary N) is 1. The van der Waals surface area contributed by atoms with E-state index in [2.05, 4.69) is 6.07 Å². The molecule has 4 heteroatoms. The van der Waals surface area contributed by atoms with Crippen molar-refractivity contribution in [1.29, 1.82) is 5.26 Å². The molecule has 15 heavy (non-hydrogen) atoms. The summed E-state index contributed by atoms with van der Waals surface area (Å²) in [6.07, 6.45) is 2.93. The number of nitrogens with zero attached hydrogens (tertiary/aromatic N) is 1. The highest BCUT2D eigenvalue weighted by atomic mass is 32.1. The number of aliphatic hydroxyl groups excluding tert-OH is 1. The molecule has 1 saturated carbocycles. The average Bonchev–Trinajstić information content (AvgIpc) is 2.72. The number of hydrogen-bond acceptors (Lipinski definition) is 4. The lowest BCUT2D eigenvalue weighted by molar-refractivity contribution is 0.0979. The first-order valence-corrected chi connectivity index (χ1v) is 5.93. The normalized spacial score (nSPS) is 31.1. The quantitative estimate of drug-likeness (QED) is 0.760. The van der Waals surface area contributed by atoms with E-state index in [1.807, 2.05) is 12.1 Å². The third kappa shape index (κ3) is 2.05. The summed E-state index contributed by atoms with van der Waals surface area (Å²) >= 11 is 1.47. The zero-order valence-electron chi connectivity index (χ0n) is 8.44. The molecule has 3 nitrogen and oxygen atoms in total. The van der Waals surface area contributed by atoms with E-state index in [0.29, 0.717) is 4.88 Å². The van der Waals surface area contributed by atoms with Crippen molar-refractivity contribution in [3.63, 3.8) is 0 Å². The first-order valence-electron chi connectivity index (χ1n) is 5.11. The third-order valence-electron chi connectivity index (χ3n) is 3.05. The molecular formula is C11H14N2OS. The fraction of sp³-hybridized carbons (Fsp3) is 0.545. The summed E-state index contributed by atoms with van der Waals surface area (Å²) in [7, 11) is 0. The van der Waals surface area contributed by atoms with Crippen LogP contribution in [0.5, 0.6) is 0 Å². The summed E-state index contributed by atoms with van der Waals surface area (Å²) < 4.78 is 0. The van der Waals surface area contributed by atoms with Gasteiger partial charge < -0.3 is 10.8 Å². The van der Waals surface area contributed by atoms with Gasteiger partial charge in [0, 0.05) is 4.88 Å². The molecule has 1 aromatic heterocycles. The first-order chi connectivity index (χ1) is 7.14. The Bertz CT molecular complexity index is 386. The molecule has 0 radical (unpaired) electrons. The summed E-state index contributed by atoms with van der Waals surface area (Å²) in [6.45, 7) is 0. The largest absolute Gasteiger partial charge is 0.393 e. The molecule has 1 aromatic rings. The van der Waals surface area contributed by atoms with E-state index in [1.54, 1.807) is 0 Å². The molecule has 0 aromatic carbocycles. The van der Waals surface area contributed by atoms with E-state index in [0.717, 1.165) is 30.6 Å². The molecule has 1 aliphatic carbocycles. The van der Waals surface area contributed by atoms with Crippen molar-refractivity contribution in [2.75, 3.05) is 0 Å². The van der Waals surface area contributed by atoms with Gasteiger partial charge in [0.25, 0.3) is 0 Å². The van der Waals surface area contributed by atoms with E-state index >= 15 is 0 Å². The van der Waals surface area contributed by atoms with Crippen molar-refractivity contribution in [3.05, 3.63) is 21.9 Å². The number of aliphatic hydroxyl groups is 1. The molecule has 0 aliphatic heterocycles. The van der Waals surface area contributed by atoms with Crippen LogP contribution in [0.2, 0.25) is 0 Å². The van der Waals surface area contributed by atoms with Crippen LogP contribution in [0.15, 0.2) is 12.1 Å². The Hall–Kier alpha value is -0.890. The molecule has 3 N–H and O–H groups in total. The van der Waals surface area contributed by atoms with Crippen LogP contribution in [0, 0.1) is 11.3 Å². The Balaban J connectivity index is 2.19. The highest BCUT2D eigenvalue weighted by Crippen LogP contribution is 2.38. The predicted octanol–water partition coefficient (Wildman–Crippen LogP) is 1.71. The maximum Gasteiger partial charge on any atom is 0.110 e. The van der Waals surface area contributed by atoms with Gasteiger partial charge in [0.1, 0.15) is 10.9 Å². The second-order valence-corrected chi connectivity index (χ2v) is 5.25. The van der Waals surface area contributed by atoms with Gasteiger partial charge in [-0.3, -0.25) is 0 Å². The molecule has 2 rings (SSSR count). The molecule has 0 bridgehead atoms. The van der Waals surface area contributed by atoms with E-state index in [-0.39, 0.29) is 11.6 Å². The van der Waals surface area contributed by atoms with Gasteiger partial charge in [0.05, 0.1) is 11.6 Å². The first kappa shape index (κ1) is 10.6. The van der Waals surface area contributed by atoms with Crippen LogP contribution in [0.4, 0.5) is 0 Å². The predicted molar refractivity (Wildman–Crippen MR) is 59.4 cm³/mol. The molecule has 1 fully saturated rings. The molecule has 0 atom stereocenters. The summed E-state index contributed by atoms with van der Waals surface area (Å²) in [4.78, 5) is 1.78. The zero-order chi connectivity index (χ0) is 10.9. The van der Waals surface area contributed by atoms with Gasteiger partial charge >= 0.3 is 0 Å². The van der Waals surface area contributed by atoms with Gasteiger partial charge in [-0.2, -0.15) is 5.26 Å². The molecule has 0 unspecified atom stereocenters. The minimum Gasteiger partial charge on any atom is -0.393 e. The van der Waals surface area contributed by atoms with Crippen LogP contribution in [0.25, 0.3) is 0 Å². The minimum atomic E-state index is -0.320. The van der Waals surface area contributed by atoms with Gasteiger partial charge in [-0.25, -0.2) is 0 Å². The third-order valence-corrected chi connectivity index (χ3v) is 4.26. The SMILES string of the molecule is N#Cc1ccc(C2(N)CCC(O)CC2)s1. The highest BCUT2D eigenvalue weighted by Gasteiger charge is 2.33. The van der Waals surface area contributed by atoms with E-state index < -0.39 is 0 Å². The Morgan fingerprint density at radius 2 is 2.13 bits per heavy atom. The minimum absolute atomic E-state index is 0.197. The van der Waals surface area contributed by atoms with Crippen LogP contribution in [0.3, 0.4) is 0 Å². The molecule has 0 spiro atoms. The van der Waals surface area contributed by atoms with Crippen molar-refractivity contribution in [3.8, 4) is 6.07 Å². The van der Waals surface area contributed by atoms with Crippen molar-refractivity contribution < 1.29 is 5.11 Å². The number of hydrogen-bond donors (Lipinski definition) is 2. The van der Waals surface area contributed by atoms with E-state index in [1.165, 1.54) is 11.3 Å². The van der Waals surface area contributed by atoms with Crippen LogP contribution in [-0.4, -0.2) is 11.2 Å². The monoisotopic (exact) mass is 222 g/mol. The van der Waals surface area contributed by atoms with Crippen LogP contribution < -0.4 is 5.73 Å². The van der Waals surface area contributed by atoms with Crippen molar-refractivity contribution in [1.82, 2.24) is 0 Å². The van der Waals surface area contributed by atoms with E-state index in [4.69, 9.17) is 11.0 Å². The van der Waals surface area contributed by atoms with Crippen molar-refractivity contribution >= 4 is 11.3 Å². The fourth-order valence-corrected chi connectivity index (χ4v) is 2.99. The molecule has 1 aliphatic rings. The maximum atomic E-state index is 9.44. The lowest BCUT2D eigenvalue weighted by Gasteiger charge is -2.34. The molecule has 1 heterocycles. The maximum absolute atomic E-state index is 9.44. The lowest BCUT2D eigenvalue weighted by atomic mass is 9.80. The van der Waals surface area contributed by atoms with Crippen LogP contribution >= 0.6 is 11.3 Å². The standard InChI is InChI=1S/C11H14N2OS/c12-7-9-1-2-10(15-9)11(13)5-3-8(14)4-6-11/h1-2,8,14H,3-6,13H2. The van der Waals surface area contributed by atoms with Crippen molar-refractivity contribution in [2.24, 2.45) is 5.73 Å². The molecule has 0 saturated heterocycles. The summed E-state index contributed by atoms with van der Waals surface area (Å²) in [5.41, 5.74) is 5.98. The topological polar surface area (TPSA) is 70.0 Å². The van der Waals surface area contributed by atoms with Gasteiger partial charge in [-0.1, -0.05) is 0 Å². The fourth-order valence-electron chi connectivity index (χ4n) is 2.03. The second-order valence-electron chi connectivity index (χ2n) is 4.16. The summed E-state index contributed by atoms with van der Waals surface area (Å²) in [5.74, 6) is 0. The van der Waals surface area contributed by atoms with Gasteiger partial charge in [-0.15, -0.1) is 11.3 Å². The molecular weight excluding hydrogens is 208 g/mol. The summed E-state index contributed by atoms with van der Waals surface area (Å²) in [5, 5.41) is 18.2. The Kier molecular flexibility index (Phi) is 2.79. The number of nitriles is 1. The Morgan fingerprint density at radius 1 is 1.47 bits per heavy atom. The van der Waals surface area contributed by atoms with Gasteiger partial charge in [0.15, 0.2) is 0 Å². The lowest BCUT2D eigenvalue weighted by Crippen LogP contribution is -2.40. The van der Waals surface area contributed by atoms with Gasteiger partial charge in [0.2, 0.25) is 0 Å². The molecule has 0 amide bonds. The Morgan fingerprint density at radius 3 is 2.67 bits per heavy atom. The van der Waals surface area contributed by atoms with E-state index in [9.17, 15) is 5.11 Å². The number of rotatable bonds is 1. The summed E-state index contributed by atoms with van der Waals surface area (Å²) in [6, 6.07) is 5.89. The van der Waals surface area contributed by atoms with Crippen molar-refractivity contribution in [2.45, 2.75) is 37.3 Å². The van der Waals surface area contributed by atoms with Crippen LogP contribution in [0.1, 0.15) is 35.4 Å². The second kappa shape index (κ2) is 3.93. The van der Waals surface area contributed by atoms with Crippen LogP contribution in [-0.2, 0) is 5.54 Å².